The molecule has 2 rings (SSSR count). The first-order valence-corrected chi connectivity index (χ1v) is 8.37. The molecule has 1 aromatic rings. The Morgan fingerprint density at radius 2 is 1.96 bits per heavy atom. The van der Waals surface area contributed by atoms with Gasteiger partial charge in [0.2, 0.25) is 0 Å². The number of benzene rings is 1. The number of nitrogens with one attached hydrogen (secondary N) is 2. The molecule has 0 spiro atoms. The summed E-state index contributed by atoms with van der Waals surface area (Å²) in [5.74, 6) is 0.109. The van der Waals surface area contributed by atoms with Crippen LogP contribution in [0.2, 0.25) is 5.02 Å². The number of hydrogen-bond donors (Lipinski definition) is 2. The van der Waals surface area contributed by atoms with Gasteiger partial charge in [0.05, 0.1) is 0 Å². The maximum absolute atomic E-state index is 12.1. The van der Waals surface area contributed by atoms with Crippen molar-refractivity contribution in [2.24, 2.45) is 0 Å². The van der Waals surface area contributed by atoms with Gasteiger partial charge in [-0.05, 0) is 50.5 Å². The van der Waals surface area contributed by atoms with E-state index in [1.54, 1.807) is 25.1 Å². The highest BCUT2D eigenvalue weighted by atomic mass is 35.5. The zero-order valence-electron chi connectivity index (χ0n) is 13.5. The van der Waals surface area contributed by atoms with Crippen molar-refractivity contribution in [1.29, 1.82) is 0 Å². The highest BCUT2D eigenvalue weighted by molar-refractivity contribution is 6.30. The lowest BCUT2D eigenvalue weighted by Crippen LogP contribution is -2.48. The lowest BCUT2D eigenvalue weighted by Gasteiger charge is -2.23. The molecule has 0 unspecified atom stereocenters. The van der Waals surface area contributed by atoms with E-state index in [-0.39, 0.29) is 6.04 Å². The van der Waals surface area contributed by atoms with Crippen LogP contribution in [0.1, 0.15) is 44.6 Å². The summed E-state index contributed by atoms with van der Waals surface area (Å²) in [4.78, 5) is 23.9. The Bertz CT molecular complexity index is 571. The molecule has 0 aromatic heterocycles. The van der Waals surface area contributed by atoms with Gasteiger partial charge in [0.1, 0.15) is 5.75 Å². The van der Waals surface area contributed by atoms with Gasteiger partial charge in [-0.2, -0.15) is 0 Å². The number of aryl methyl sites for hydroxylation is 1. The fraction of sp³-hybridized carbons (Fsp3) is 0.529. The van der Waals surface area contributed by atoms with Crippen molar-refractivity contribution < 1.29 is 14.3 Å². The Labute approximate surface area is 141 Å². The van der Waals surface area contributed by atoms with Crippen LogP contribution in [0.4, 0.5) is 4.79 Å². The molecule has 1 aliphatic rings. The number of urea groups is 1. The molecule has 1 saturated carbocycles. The van der Waals surface area contributed by atoms with Crippen LogP contribution in [0.25, 0.3) is 0 Å². The first kappa shape index (κ1) is 17.6. The fourth-order valence-electron chi connectivity index (χ4n) is 2.67. The molecule has 1 aliphatic carbocycles. The van der Waals surface area contributed by atoms with Gasteiger partial charge in [-0.1, -0.05) is 30.9 Å². The van der Waals surface area contributed by atoms with Crippen molar-refractivity contribution in [3.05, 3.63) is 28.8 Å². The highest BCUT2D eigenvalue weighted by Gasteiger charge is 2.21. The van der Waals surface area contributed by atoms with Crippen molar-refractivity contribution in [3.63, 3.8) is 0 Å². The quantitative estimate of drug-likeness (QED) is 0.881. The Hall–Kier alpha value is -1.75. The van der Waals surface area contributed by atoms with Crippen molar-refractivity contribution in [2.45, 2.75) is 58.1 Å². The molecule has 6 heteroatoms. The summed E-state index contributed by atoms with van der Waals surface area (Å²) >= 11 is 5.89. The molecule has 1 fully saturated rings. The maximum atomic E-state index is 12.1. The van der Waals surface area contributed by atoms with E-state index in [1.165, 1.54) is 6.42 Å². The molecule has 0 aliphatic heterocycles. The standard InChI is InChI=1S/C17H23ClN2O3/c1-11-10-13(18)8-9-15(11)23-12(2)16(21)20-17(22)19-14-6-4-3-5-7-14/h8-10,12,14H,3-7H2,1-2H3,(H2,19,20,21,22)/t12-/m1/s1. The molecule has 1 atom stereocenters. The summed E-state index contributed by atoms with van der Waals surface area (Å²) in [6.45, 7) is 3.46. The molecule has 3 amide bonds. The van der Waals surface area contributed by atoms with E-state index in [2.05, 4.69) is 10.6 Å². The predicted octanol–water partition coefficient (Wildman–Crippen LogP) is 3.57. The predicted molar refractivity (Wildman–Crippen MR) is 89.8 cm³/mol. The molecule has 0 heterocycles. The number of imide groups is 1. The molecule has 0 bridgehead atoms. The second-order valence-electron chi connectivity index (χ2n) is 5.97. The minimum atomic E-state index is -0.771. The fourth-order valence-corrected chi connectivity index (χ4v) is 2.90. The van der Waals surface area contributed by atoms with Crippen molar-refractivity contribution in [1.82, 2.24) is 10.6 Å². The van der Waals surface area contributed by atoms with E-state index in [1.807, 2.05) is 6.92 Å². The third kappa shape index (κ3) is 5.43. The third-order valence-electron chi connectivity index (χ3n) is 3.99. The van der Waals surface area contributed by atoms with Crippen LogP contribution in [-0.4, -0.2) is 24.1 Å². The summed E-state index contributed by atoms with van der Waals surface area (Å²) in [6, 6.07) is 4.88. The van der Waals surface area contributed by atoms with Gasteiger partial charge in [-0.15, -0.1) is 0 Å². The van der Waals surface area contributed by atoms with Gasteiger partial charge in [0, 0.05) is 11.1 Å². The van der Waals surface area contributed by atoms with Gasteiger partial charge in [0.15, 0.2) is 6.10 Å². The Morgan fingerprint density at radius 3 is 2.61 bits per heavy atom. The number of amides is 3. The summed E-state index contributed by atoms with van der Waals surface area (Å²) in [5.41, 5.74) is 0.837. The molecule has 1 aromatic carbocycles. The minimum absolute atomic E-state index is 0.159. The molecule has 5 nitrogen and oxygen atoms in total. The van der Waals surface area contributed by atoms with Crippen molar-refractivity contribution in [3.8, 4) is 5.75 Å². The maximum Gasteiger partial charge on any atom is 0.321 e. The Morgan fingerprint density at radius 1 is 1.26 bits per heavy atom. The van der Waals surface area contributed by atoms with Crippen LogP contribution in [-0.2, 0) is 4.79 Å². The zero-order chi connectivity index (χ0) is 16.8. The highest BCUT2D eigenvalue weighted by Crippen LogP contribution is 2.22. The monoisotopic (exact) mass is 338 g/mol. The van der Waals surface area contributed by atoms with Gasteiger partial charge < -0.3 is 10.1 Å². The first-order chi connectivity index (χ1) is 11.0. The number of rotatable bonds is 4. The van der Waals surface area contributed by atoms with E-state index in [0.717, 1.165) is 31.2 Å². The van der Waals surface area contributed by atoms with E-state index < -0.39 is 18.0 Å². The summed E-state index contributed by atoms with van der Waals surface area (Å²) in [7, 11) is 0. The molecule has 23 heavy (non-hydrogen) atoms. The average Bonchev–Trinajstić information content (AvgIpc) is 2.50. The molecule has 2 N–H and O–H groups in total. The van der Waals surface area contributed by atoms with Crippen LogP contribution >= 0.6 is 11.6 Å². The Kier molecular flexibility index (Phi) is 6.28. The number of carbonyl (C=O) groups excluding carboxylic acids is 2. The smallest absolute Gasteiger partial charge is 0.321 e. The van der Waals surface area contributed by atoms with E-state index in [9.17, 15) is 9.59 Å². The van der Waals surface area contributed by atoms with Crippen LogP contribution in [0, 0.1) is 6.92 Å². The molecule has 0 saturated heterocycles. The molecular formula is C17H23ClN2O3. The van der Waals surface area contributed by atoms with Gasteiger partial charge in [0.25, 0.3) is 5.91 Å². The first-order valence-electron chi connectivity index (χ1n) is 8.00. The van der Waals surface area contributed by atoms with E-state index in [4.69, 9.17) is 16.3 Å². The topological polar surface area (TPSA) is 67.4 Å². The van der Waals surface area contributed by atoms with Gasteiger partial charge >= 0.3 is 6.03 Å². The summed E-state index contributed by atoms with van der Waals surface area (Å²) in [5, 5.41) is 5.79. The summed E-state index contributed by atoms with van der Waals surface area (Å²) < 4.78 is 5.60. The molecule has 0 radical (unpaired) electrons. The van der Waals surface area contributed by atoms with Crippen molar-refractivity contribution >= 4 is 23.5 Å². The van der Waals surface area contributed by atoms with Crippen molar-refractivity contribution in [2.75, 3.05) is 0 Å². The zero-order valence-corrected chi connectivity index (χ0v) is 14.3. The average molecular weight is 339 g/mol. The lowest BCUT2D eigenvalue weighted by atomic mass is 9.96. The second kappa shape index (κ2) is 8.20. The largest absolute Gasteiger partial charge is 0.481 e. The molecule has 126 valence electrons. The van der Waals surface area contributed by atoms with E-state index in [0.29, 0.717) is 10.8 Å². The third-order valence-corrected chi connectivity index (χ3v) is 4.22. The van der Waals surface area contributed by atoms with Gasteiger partial charge in [-0.3, -0.25) is 10.1 Å². The molecular weight excluding hydrogens is 316 g/mol. The number of ether oxygens (including phenoxy) is 1. The SMILES string of the molecule is Cc1cc(Cl)ccc1O[C@H](C)C(=O)NC(=O)NC1CCCCC1. The lowest BCUT2D eigenvalue weighted by molar-refractivity contribution is -0.126. The Balaban J connectivity index is 1.83. The number of halogens is 1. The second-order valence-corrected chi connectivity index (χ2v) is 6.40. The van der Waals surface area contributed by atoms with Crippen LogP contribution in [0.3, 0.4) is 0 Å². The normalized spacial score (nSPS) is 16.5. The van der Waals surface area contributed by atoms with E-state index >= 15 is 0 Å². The van der Waals surface area contributed by atoms with Crippen LogP contribution in [0.5, 0.6) is 5.75 Å². The minimum Gasteiger partial charge on any atom is -0.481 e. The number of carbonyl (C=O) groups is 2. The van der Waals surface area contributed by atoms with Crippen LogP contribution in [0.15, 0.2) is 18.2 Å². The van der Waals surface area contributed by atoms with Crippen LogP contribution < -0.4 is 15.4 Å². The number of hydrogen-bond acceptors (Lipinski definition) is 3. The van der Waals surface area contributed by atoms with Gasteiger partial charge in [-0.25, -0.2) is 4.79 Å². The summed E-state index contributed by atoms with van der Waals surface area (Å²) in [6.07, 6.45) is 4.62.